The number of hydrogen-bond acceptors (Lipinski definition) is 4. The van der Waals surface area contributed by atoms with Gasteiger partial charge in [0, 0.05) is 22.9 Å². The number of nitrogens with zero attached hydrogens (tertiary/aromatic N) is 1. The van der Waals surface area contributed by atoms with Gasteiger partial charge >= 0.3 is 0 Å². The fourth-order valence-electron chi connectivity index (χ4n) is 5.08. The van der Waals surface area contributed by atoms with E-state index in [2.05, 4.69) is 5.32 Å². The first-order chi connectivity index (χ1) is 15.8. The number of primary amides is 1. The molecule has 0 radical (unpaired) electrons. The predicted molar refractivity (Wildman–Crippen MR) is 130 cm³/mol. The predicted octanol–water partition coefficient (Wildman–Crippen LogP) is 2.88. The Morgan fingerprint density at radius 3 is 2.18 bits per heavy atom. The lowest BCUT2D eigenvalue weighted by molar-refractivity contribution is -0.140. The number of rotatable bonds is 9. The Morgan fingerprint density at radius 2 is 1.61 bits per heavy atom. The normalized spacial score (nSPS) is 20.1. The monoisotopic (exact) mass is 475 g/mol. The van der Waals surface area contributed by atoms with E-state index in [-0.39, 0.29) is 29.7 Å². The molecule has 2 saturated carbocycles. The molecule has 8 heteroatoms. The van der Waals surface area contributed by atoms with Crippen LogP contribution in [-0.2, 0) is 25.2 Å². The summed E-state index contributed by atoms with van der Waals surface area (Å²) in [7, 11) is -1.83. The van der Waals surface area contributed by atoms with Gasteiger partial charge in [-0.2, -0.15) is 0 Å². The standard InChI is InChI=1S/C25H37N3O4S/c1-17-12-14-19(15-13-17)23(24(26)30)33(32)16-22(29)28(21-10-6-7-11-21)18(2)25(31)27-20-8-4-3-5-9-20/h12-15,18,20-21,23H,3-11,16H2,1-2H3,(H2,26,30)(H,27,31). The highest BCUT2D eigenvalue weighted by Gasteiger charge is 2.36. The molecule has 182 valence electrons. The zero-order chi connectivity index (χ0) is 24.0. The smallest absolute Gasteiger partial charge is 0.242 e. The van der Waals surface area contributed by atoms with E-state index in [1.54, 1.807) is 24.0 Å². The summed E-state index contributed by atoms with van der Waals surface area (Å²) >= 11 is 0. The number of benzene rings is 1. The number of carbonyl (C=O) groups excluding carboxylic acids is 3. The number of hydrogen-bond donors (Lipinski definition) is 2. The van der Waals surface area contributed by atoms with Gasteiger partial charge in [0.05, 0.1) is 0 Å². The quantitative estimate of drug-likeness (QED) is 0.572. The van der Waals surface area contributed by atoms with Gasteiger partial charge in [-0.05, 0) is 45.1 Å². The number of amides is 3. The molecule has 1 aromatic rings. The van der Waals surface area contributed by atoms with Crippen LogP contribution in [0.5, 0.6) is 0 Å². The second-order valence-corrected chi connectivity index (χ2v) is 11.0. The summed E-state index contributed by atoms with van der Waals surface area (Å²) in [5.74, 6) is -1.57. The van der Waals surface area contributed by atoms with Crippen molar-refractivity contribution in [1.82, 2.24) is 10.2 Å². The second-order valence-electron chi connectivity index (χ2n) is 9.48. The molecule has 0 spiro atoms. The van der Waals surface area contributed by atoms with E-state index < -0.39 is 28.0 Å². The molecule has 7 nitrogen and oxygen atoms in total. The molecule has 3 N–H and O–H groups in total. The van der Waals surface area contributed by atoms with Crippen LogP contribution in [-0.4, -0.2) is 50.7 Å². The van der Waals surface area contributed by atoms with Crippen LogP contribution in [0, 0.1) is 6.92 Å². The molecule has 2 aliphatic carbocycles. The average Bonchev–Trinajstić information content (AvgIpc) is 3.30. The SMILES string of the molecule is Cc1ccc(C(C(N)=O)S(=O)CC(=O)N(C2CCCC2)C(C)C(=O)NC2CCCCC2)cc1. The lowest BCUT2D eigenvalue weighted by Crippen LogP contribution is -2.54. The minimum Gasteiger partial charge on any atom is -0.368 e. The topological polar surface area (TPSA) is 110 Å². The van der Waals surface area contributed by atoms with Gasteiger partial charge in [-0.25, -0.2) is 0 Å². The highest BCUT2D eigenvalue weighted by atomic mass is 32.2. The average molecular weight is 476 g/mol. The van der Waals surface area contributed by atoms with Gasteiger partial charge in [0.1, 0.15) is 17.0 Å². The van der Waals surface area contributed by atoms with E-state index in [0.717, 1.165) is 56.9 Å². The summed E-state index contributed by atoms with van der Waals surface area (Å²) in [5, 5.41) is 2.06. The van der Waals surface area contributed by atoms with E-state index >= 15 is 0 Å². The van der Waals surface area contributed by atoms with E-state index in [1.165, 1.54) is 6.42 Å². The van der Waals surface area contributed by atoms with Crippen LogP contribution in [0.25, 0.3) is 0 Å². The van der Waals surface area contributed by atoms with Crippen LogP contribution in [0.3, 0.4) is 0 Å². The van der Waals surface area contributed by atoms with Crippen LogP contribution in [0.4, 0.5) is 0 Å². The van der Waals surface area contributed by atoms with Crippen molar-refractivity contribution in [3.05, 3.63) is 35.4 Å². The summed E-state index contributed by atoms with van der Waals surface area (Å²) in [6.45, 7) is 3.67. The number of aryl methyl sites for hydroxylation is 1. The Morgan fingerprint density at radius 1 is 1.03 bits per heavy atom. The Kier molecular flexibility index (Phi) is 9.06. The minimum absolute atomic E-state index is 0.0481. The van der Waals surface area contributed by atoms with Crippen molar-refractivity contribution in [2.24, 2.45) is 5.73 Å². The minimum atomic E-state index is -1.83. The van der Waals surface area contributed by atoms with Crippen molar-refractivity contribution in [3.63, 3.8) is 0 Å². The molecule has 3 rings (SSSR count). The van der Waals surface area contributed by atoms with Crippen LogP contribution >= 0.6 is 0 Å². The summed E-state index contributed by atoms with van der Waals surface area (Å²) in [5.41, 5.74) is 7.12. The number of nitrogens with two attached hydrogens (primary N) is 1. The maximum absolute atomic E-state index is 13.4. The van der Waals surface area contributed by atoms with Crippen molar-refractivity contribution in [2.45, 2.75) is 95.0 Å². The molecular weight excluding hydrogens is 438 g/mol. The molecule has 0 aromatic heterocycles. The Labute approximate surface area is 199 Å². The fourth-order valence-corrected chi connectivity index (χ4v) is 6.36. The first kappa shape index (κ1) is 25.4. The molecule has 0 bridgehead atoms. The molecule has 33 heavy (non-hydrogen) atoms. The second kappa shape index (κ2) is 11.8. The third kappa shape index (κ3) is 6.65. The lowest BCUT2D eigenvalue weighted by Gasteiger charge is -2.35. The van der Waals surface area contributed by atoms with Crippen LogP contribution in [0.15, 0.2) is 24.3 Å². The van der Waals surface area contributed by atoms with Crippen molar-refractivity contribution in [1.29, 1.82) is 0 Å². The molecular formula is C25H37N3O4S. The van der Waals surface area contributed by atoms with Crippen LogP contribution in [0.2, 0.25) is 0 Å². The van der Waals surface area contributed by atoms with E-state index in [9.17, 15) is 18.6 Å². The van der Waals surface area contributed by atoms with Gasteiger partial charge in [-0.1, -0.05) is 61.9 Å². The van der Waals surface area contributed by atoms with Gasteiger partial charge in [0.25, 0.3) is 0 Å². The Bertz CT molecular complexity index is 861. The van der Waals surface area contributed by atoms with Crippen LogP contribution < -0.4 is 11.1 Å². The Hall–Kier alpha value is -2.22. The largest absolute Gasteiger partial charge is 0.368 e. The number of carbonyl (C=O) groups is 3. The first-order valence-electron chi connectivity index (χ1n) is 12.1. The van der Waals surface area contributed by atoms with Gasteiger partial charge in [0.15, 0.2) is 0 Å². The third-order valence-corrected chi connectivity index (χ3v) is 8.48. The summed E-state index contributed by atoms with van der Waals surface area (Å²) < 4.78 is 13.2. The zero-order valence-corrected chi connectivity index (χ0v) is 20.6. The van der Waals surface area contributed by atoms with Gasteiger partial charge in [-0.15, -0.1) is 0 Å². The van der Waals surface area contributed by atoms with Crippen molar-refractivity contribution >= 4 is 28.5 Å². The molecule has 0 saturated heterocycles. The Balaban J connectivity index is 1.73. The van der Waals surface area contributed by atoms with E-state index in [0.29, 0.717) is 5.56 Å². The fraction of sp³-hybridized carbons (Fsp3) is 0.640. The van der Waals surface area contributed by atoms with Crippen molar-refractivity contribution in [3.8, 4) is 0 Å². The molecule has 0 heterocycles. The summed E-state index contributed by atoms with van der Waals surface area (Å²) in [6.07, 6.45) is 9.01. The van der Waals surface area contributed by atoms with Crippen molar-refractivity contribution < 1.29 is 18.6 Å². The maximum Gasteiger partial charge on any atom is 0.242 e. The molecule has 3 unspecified atom stereocenters. The summed E-state index contributed by atoms with van der Waals surface area (Å²) in [6, 6.07) is 6.56. The zero-order valence-electron chi connectivity index (χ0n) is 19.8. The maximum atomic E-state index is 13.4. The molecule has 2 fully saturated rings. The third-order valence-electron chi connectivity index (χ3n) is 6.92. The molecule has 3 atom stereocenters. The van der Waals surface area contributed by atoms with E-state index in [1.807, 2.05) is 19.1 Å². The van der Waals surface area contributed by atoms with Gasteiger partial charge in [-0.3, -0.25) is 18.6 Å². The summed E-state index contributed by atoms with van der Waals surface area (Å²) in [4.78, 5) is 40.2. The molecule has 2 aliphatic rings. The van der Waals surface area contributed by atoms with Crippen LogP contribution in [0.1, 0.15) is 81.1 Å². The molecule has 1 aromatic carbocycles. The lowest BCUT2D eigenvalue weighted by atomic mass is 9.95. The highest BCUT2D eigenvalue weighted by molar-refractivity contribution is 7.86. The van der Waals surface area contributed by atoms with Gasteiger partial charge in [0.2, 0.25) is 17.7 Å². The van der Waals surface area contributed by atoms with Gasteiger partial charge < -0.3 is 16.0 Å². The first-order valence-corrected chi connectivity index (χ1v) is 13.5. The van der Waals surface area contributed by atoms with Crippen molar-refractivity contribution in [2.75, 3.05) is 5.75 Å². The molecule has 3 amide bonds. The van der Waals surface area contributed by atoms with E-state index in [4.69, 9.17) is 5.73 Å². The highest BCUT2D eigenvalue weighted by Crippen LogP contribution is 2.27. The molecule has 0 aliphatic heterocycles. The number of nitrogens with one attached hydrogen (secondary N) is 1.